The standard InChI is InChI=1S/C19H21NO4/c1-11(2)23-18(22)15-14-8-9-19(24-14)10-20(17(21)16(15)19)13-7-5-4-6-12(13)3/h4-9,11,14-16H,10H2,1-3H3. The van der Waals surface area contributed by atoms with Gasteiger partial charge in [-0.1, -0.05) is 30.4 Å². The monoisotopic (exact) mass is 327 g/mol. The molecule has 126 valence electrons. The number of hydrogen-bond acceptors (Lipinski definition) is 4. The lowest BCUT2D eigenvalue weighted by molar-refractivity contribution is -0.156. The molecule has 5 nitrogen and oxygen atoms in total. The molecule has 1 aromatic rings. The number of anilines is 1. The molecule has 1 amide bonds. The van der Waals surface area contributed by atoms with Gasteiger partial charge in [0.05, 0.1) is 24.7 Å². The van der Waals surface area contributed by atoms with Crippen LogP contribution in [0.25, 0.3) is 0 Å². The first-order valence-electron chi connectivity index (χ1n) is 8.37. The van der Waals surface area contributed by atoms with Gasteiger partial charge in [0.1, 0.15) is 11.5 Å². The van der Waals surface area contributed by atoms with Gasteiger partial charge >= 0.3 is 5.97 Å². The van der Waals surface area contributed by atoms with Crippen LogP contribution in [0.5, 0.6) is 0 Å². The van der Waals surface area contributed by atoms with Crippen LogP contribution in [0.2, 0.25) is 0 Å². The fraction of sp³-hybridized carbons (Fsp3) is 0.474. The van der Waals surface area contributed by atoms with Crippen molar-refractivity contribution in [2.24, 2.45) is 11.8 Å². The summed E-state index contributed by atoms with van der Waals surface area (Å²) in [5.41, 5.74) is 1.20. The van der Waals surface area contributed by atoms with Crippen LogP contribution in [0.15, 0.2) is 36.4 Å². The number of carbonyl (C=O) groups is 2. The highest BCUT2D eigenvalue weighted by Gasteiger charge is 2.67. The van der Waals surface area contributed by atoms with Gasteiger partial charge in [-0.2, -0.15) is 0 Å². The van der Waals surface area contributed by atoms with E-state index in [0.29, 0.717) is 6.54 Å². The van der Waals surface area contributed by atoms with Gasteiger partial charge in [0.25, 0.3) is 0 Å². The number of ether oxygens (including phenoxy) is 2. The Balaban J connectivity index is 1.69. The van der Waals surface area contributed by atoms with Crippen molar-refractivity contribution in [2.45, 2.75) is 38.6 Å². The number of para-hydroxylation sites is 1. The fourth-order valence-electron chi connectivity index (χ4n) is 4.15. The van der Waals surface area contributed by atoms with E-state index in [2.05, 4.69) is 0 Å². The van der Waals surface area contributed by atoms with Crippen molar-refractivity contribution in [3.63, 3.8) is 0 Å². The first kappa shape index (κ1) is 15.4. The zero-order valence-electron chi connectivity index (χ0n) is 14.1. The SMILES string of the molecule is Cc1ccccc1N1CC23C=CC(O2)C(C(=O)OC(C)C)C3C1=O. The highest BCUT2D eigenvalue weighted by molar-refractivity contribution is 6.03. The van der Waals surface area contributed by atoms with Crippen molar-refractivity contribution in [3.05, 3.63) is 42.0 Å². The fourth-order valence-corrected chi connectivity index (χ4v) is 4.15. The molecule has 4 unspecified atom stereocenters. The third kappa shape index (κ3) is 2.04. The molecule has 0 aromatic heterocycles. The highest BCUT2D eigenvalue weighted by Crippen LogP contribution is 2.53. The van der Waals surface area contributed by atoms with Crippen molar-refractivity contribution in [2.75, 3.05) is 11.4 Å². The minimum atomic E-state index is -0.704. The average molecular weight is 327 g/mol. The largest absolute Gasteiger partial charge is 0.463 e. The third-order valence-electron chi connectivity index (χ3n) is 5.13. The van der Waals surface area contributed by atoms with E-state index >= 15 is 0 Å². The maximum absolute atomic E-state index is 13.1. The van der Waals surface area contributed by atoms with Crippen LogP contribution in [-0.2, 0) is 19.1 Å². The Labute approximate surface area is 141 Å². The molecule has 3 aliphatic rings. The zero-order valence-corrected chi connectivity index (χ0v) is 14.1. The van der Waals surface area contributed by atoms with Gasteiger partial charge < -0.3 is 14.4 Å². The Bertz CT molecular complexity index is 741. The topological polar surface area (TPSA) is 55.8 Å². The first-order valence-corrected chi connectivity index (χ1v) is 8.37. The maximum Gasteiger partial charge on any atom is 0.313 e. The summed E-state index contributed by atoms with van der Waals surface area (Å²) < 4.78 is 11.5. The molecule has 4 atom stereocenters. The molecular formula is C19H21NO4. The average Bonchev–Trinajstić information content (AvgIpc) is 3.15. The van der Waals surface area contributed by atoms with Gasteiger partial charge in [-0.25, -0.2) is 0 Å². The summed E-state index contributed by atoms with van der Waals surface area (Å²) >= 11 is 0. The number of rotatable bonds is 3. The summed E-state index contributed by atoms with van der Waals surface area (Å²) in [5, 5.41) is 0. The van der Waals surface area contributed by atoms with Crippen molar-refractivity contribution >= 4 is 17.6 Å². The second-order valence-electron chi connectivity index (χ2n) is 7.10. The predicted molar refractivity (Wildman–Crippen MR) is 88.5 cm³/mol. The Morgan fingerprint density at radius 3 is 2.83 bits per heavy atom. The van der Waals surface area contributed by atoms with Gasteiger partial charge in [-0.15, -0.1) is 0 Å². The number of benzene rings is 1. The summed E-state index contributed by atoms with van der Waals surface area (Å²) in [7, 11) is 0. The molecule has 0 saturated carbocycles. The first-order chi connectivity index (χ1) is 11.4. The molecule has 2 fully saturated rings. The molecule has 1 spiro atoms. The quantitative estimate of drug-likeness (QED) is 0.631. The summed E-state index contributed by atoms with van der Waals surface area (Å²) in [4.78, 5) is 27.4. The zero-order chi connectivity index (χ0) is 17.1. The molecule has 5 heteroatoms. The summed E-state index contributed by atoms with van der Waals surface area (Å²) in [6.45, 7) is 6.05. The number of nitrogens with zero attached hydrogens (tertiary/aromatic N) is 1. The summed E-state index contributed by atoms with van der Waals surface area (Å²) in [6, 6.07) is 7.78. The number of esters is 1. The second-order valence-corrected chi connectivity index (χ2v) is 7.10. The van der Waals surface area contributed by atoms with Crippen molar-refractivity contribution < 1.29 is 19.1 Å². The number of aryl methyl sites for hydroxylation is 1. The molecule has 0 aliphatic carbocycles. The predicted octanol–water partition coefficient (Wildman–Crippen LogP) is 2.23. The maximum atomic E-state index is 13.1. The highest BCUT2D eigenvalue weighted by atomic mass is 16.6. The van der Waals surface area contributed by atoms with E-state index in [1.54, 1.807) is 4.90 Å². The van der Waals surface area contributed by atoms with E-state index in [1.807, 2.05) is 57.2 Å². The Kier molecular flexibility index (Phi) is 3.32. The minimum Gasteiger partial charge on any atom is -0.463 e. The lowest BCUT2D eigenvalue weighted by Gasteiger charge is -2.23. The Hall–Kier alpha value is -2.14. The minimum absolute atomic E-state index is 0.0538. The van der Waals surface area contributed by atoms with Crippen LogP contribution < -0.4 is 4.90 Å². The Morgan fingerprint density at radius 2 is 2.12 bits per heavy atom. The van der Waals surface area contributed by atoms with Crippen LogP contribution in [0.4, 0.5) is 5.69 Å². The third-order valence-corrected chi connectivity index (χ3v) is 5.13. The number of amides is 1. The smallest absolute Gasteiger partial charge is 0.313 e. The van der Waals surface area contributed by atoms with Gasteiger partial charge in [-0.05, 0) is 32.4 Å². The molecule has 3 aliphatic heterocycles. The molecule has 2 saturated heterocycles. The van der Waals surface area contributed by atoms with Crippen LogP contribution in [0, 0.1) is 18.8 Å². The van der Waals surface area contributed by atoms with E-state index in [9.17, 15) is 9.59 Å². The molecule has 1 aromatic carbocycles. The summed E-state index contributed by atoms with van der Waals surface area (Å²) in [6.07, 6.45) is 3.29. The lowest BCUT2D eigenvalue weighted by atomic mass is 9.77. The van der Waals surface area contributed by atoms with E-state index in [0.717, 1.165) is 11.3 Å². The Morgan fingerprint density at radius 1 is 1.38 bits per heavy atom. The molecule has 0 radical (unpaired) electrons. The van der Waals surface area contributed by atoms with E-state index in [1.165, 1.54) is 0 Å². The lowest BCUT2D eigenvalue weighted by Crippen LogP contribution is -2.40. The number of fused-ring (bicyclic) bond motifs is 1. The van der Waals surface area contributed by atoms with Crippen molar-refractivity contribution in [1.29, 1.82) is 0 Å². The van der Waals surface area contributed by atoms with Crippen LogP contribution in [0.1, 0.15) is 19.4 Å². The van der Waals surface area contributed by atoms with Crippen LogP contribution in [-0.4, -0.2) is 36.2 Å². The summed E-state index contributed by atoms with van der Waals surface area (Å²) in [5.74, 6) is -1.45. The van der Waals surface area contributed by atoms with Crippen molar-refractivity contribution in [1.82, 2.24) is 0 Å². The van der Waals surface area contributed by atoms with Gasteiger partial charge in [0, 0.05) is 5.69 Å². The second kappa shape index (κ2) is 5.18. The molecule has 0 N–H and O–H groups in total. The normalized spacial score (nSPS) is 33.4. The van der Waals surface area contributed by atoms with Gasteiger partial charge in [-0.3, -0.25) is 9.59 Å². The van der Waals surface area contributed by atoms with Crippen LogP contribution in [0.3, 0.4) is 0 Å². The van der Waals surface area contributed by atoms with Crippen LogP contribution >= 0.6 is 0 Å². The van der Waals surface area contributed by atoms with Gasteiger partial charge in [0.15, 0.2) is 0 Å². The van der Waals surface area contributed by atoms with E-state index < -0.39 is 17.4 Å². The molecule has 2 bridgehead atoms. The van der Waals surface area contributed by atoms with E-state index in [4.69, 9.17) is 9.47 Å². The van der Waals surface area contributed by atoms with Gasteiger partial charge in [0.2, 0.25) is 5.91 Å². The molecular weight excluding hydrogens is 306 g/mol. The number of hydrogen-bond donors (Lipinski definition) is 0. The van der Waals surface area contributed by atoms with Crippen molar-refractivity contribution in [3.8, 4) is 0 Å². The molecule has 4 rings (SSSR count). The number of carbonyl (C=O) groups excluding carboxylic acids is 2. The molecule has 3 heterocycles. The van der Waals surface area contributed by atoms with E-state index in [-0.39, 0.29) is 24.1 Å². The molecule has 24 heavy (non-hydrogen) atoms.